The van der Waals surface area contributed by atoms with Crippen molar-refractivity contribution in [1.82, 2.24) is 15.4 Å². The average molecular weight is 134 g/mol. The van der Waals surface area contributed by atoms with Crippen LogP contribution in [0.2, 0.25) is 0 Å². The molecule has 0 unspecified atom stereocenters. The smallest absolute Gasteiger partial charge is 0.0824 e. The van der Waals surface area contributed by atoms with Crippen LogP contribution >= 0.6 is 0 Å². The minimum Gasteiger partial charge on any atom is -0.265 e. The Morgan fingerprint density at radius 2 is 2.60 bits per heavy atom. The van der Waals surface area contributed by atoms with Crippen LogP contribution in [0.5, 0.6) is 0 Å². The highest BCUT2D eigenvalue weighted by Crippen LogP contribution is 1.97. The maximum Gasteiger partial charge on any atom is 0.0824 e. The second-order valence-corrected chi connectivity index (χ2v) is 2.00. The highest BCUT2D eigenvalue weighted by molar-refractivity contribution is 4.91. The maximum atomic E-state index is 6.64. The lowest BCUT2D eigenvalue weighted by atomic mass is 10.2. The second kappa shape index (κ2) is 3.67. The van der Waals surface area contributed by atoms with Crippen LogP contribution in [0.4, 0.5) is 0 Å². The lowest BCUT2D eigenvalue weighted by molar-refractivity contribution is 0.816. The van der Waals surface area contributed by atoms with Crippen molar-refractivity contribution >= 4 is 0 Å². The molecule has 1 aromatic heterocycles. The Bertz CT molecular complexity index is 207. The Hall–Kier alpha value is -1.30. The molecule has 10 heavy (non-hydrogen) atoms. The van der Waals surface area contributed by atoms with Crippen molar-refractivity contribution in [2.45, 2.75) is 19.3 Å². The highest BCUT2D eigenvalue weighted by Gasteiger charge is 1.92. The van der Waals surface area contributed by atoms with Gasteiger partial charge in [0.05, 0.1) is 5.69 Å². The third-order valence-corrected chi connectivity index (χ3v) is 1.20. The SMILES string of the molecule is [C]#CCCCc1c[nH]nn1. The van der Waals surface area contributed by atoms with Crippen LogP contribution in [0, 0.1) is 12.3 Å². The van der Waals surface area contributed by atoms with Gasteiger partial charge in [-0.25, -0.2) is 0 Å². The minimum absolute atomic E-state index is 0.701. The normalized spacial score (nSPS) is 9.10. The van der Waals surface area contributed by atoms with E-state index in [2.05, 4.69) is 21.3 Å². The van der Waals surface area contributed by atoms with Gasteiger partial charge in [0.1, 0.15) is 0 Å². The number of aryl methyl sites for hydroxylation is 1. The number of nitrogens with one attached hydrogen (secondary N) is 1. The zero-order chi connectivity index (χ0) is 7.23. The van der Waals surface area contributed by atoms with Gasteiger partial charge in [-0.2, -0.15) is 0 Å². The molecule has 0 saturated carbocycles. The fourth-order valence-corrected chi connectivity index (χ4v) is 0.705. The van der Waals surface area contributed by atoms with Gasteiger partial charge in [0.25, 0.3) is 0 Å². The molecule has 1 N–H and O–H groups in total. The van der Waals surface area contributed by atoms with E-state index in [0.717, 1.165) is 18.5 Å². The molecule has 0 amide bonds. The Labute approximate surface area is 59.8 Å². The van der Waals surface area contributed by atoms with E-state index < -0.39 is 0 Å². The van der Waals surface area contributed by atoms with E-state index >= 15 is 0 Å². The van der Waals surface area contributed by atoms with Crippen LogP contribution in [0.1, 0.15) is 18.5 Å². The molecule has 1 aromatic rings. The van der Waals surface area contributed by atoms with E-state index in [1.165, 1.54) is 0 Å². The largest absolute Gasteiger partial charge is 0.265 e. The van der Waals surface area contributed by atoms with Gasteiger partial charge in [-0.15, -0.1) is 5.10 Å². The van der Waals surface area contributed by atoms with Crippen molar-refractivity contribution in [3.8, 4) is 5.92 Å². The maximum absolute atomic E-state index is 6.64. The van der Waals surface area contributed by atoms with Gasteiger partial charge in [0, 0.05) is 12.6 Å². The Balaban J connectivity index is 2.23. The van der Waals surface area contributed by atoms with E-state index in [0.29, 0.717) is 6.42 Å². The summed E-state index contributed by atoms with van der Waals surface area (Å²) in [5, 5.41) is 9.98. The van der Waals surface area contributed by atoms with Gasteiger partial charge < -0.3 is 0 Å². The molecule has 0 atom stereocenters. The molecular formula is C7H8N3. The number of unbranched alkanes of at least 4 members (excludes halogenated alkanes) is 1. The Morgan fingerprint density at radius 3 is 3.20 bits per heavy atom. The van der Waals surface area contributed by atoms with Crippen LogP contribution < -0.4 is 0 Å². The molecule has 0 aromatic carbocycles. The standard InChI is InChI=1S/C7H8N3/c1-2-3-4-5-7-6-8-10-9-7/h6H,3-5H2,(H,8,9,10). The molecule has 0 aliphatic carbocycles. The summed E-state index contributed by atoms with van der Waals surface area (Å²) >= 11 is 0. The summed E-state index contributed by atoms with van der Waals surface area (Å²) in [7, 11) is 0. The van der Waals surface area contributed by atoms with Crippen molar-refractivity contribution in [3.05, 3.63) is 18.3 Å². The lowest BCUT2D eigenvalue weighted by Gasteiger charge is -1.87. The van der Waals surface area contributed by atoms with Crippen molar-refractivity contribution < 1.29 is 0 Å². The zero-order valence-corrected chi connectivity index (χ0v) is 5.59. The molecule has 0 spiro atoms. The molecule has 0 fully saturated rings. The van der Waals surface area contributed by atoms with E-state index in [-0.39, 0.29) is 0 Å². The number of aromatic nitrogens is 3. The minimum atomic E-state index is 0.701. The number of nitrogens with zero attached hydrogens (tertiary/aromatic N) is 2. The quantitative estimate of drug-likeness (QED) is 0.488. The van der Waals surface area contributed by atoms with Crippen molar-refractivity contribution in [2.24, 2.45) is 0 Å². The van der Waals surface area contributed by atoms with Crippen LogP contribution in [-0.4, -0.2) is 15.4 Å². The third kappa shape index (κ3) is 1.90. The molecule has 1 radical (unpaired) electrons. The van der Waals surface area contributed by atoms with Crippen LogP contribution in [0.3, 0.4) is 0 Å². The van der Waals surface area contributed by atoms with Crippen LogP contribution in [-0.2, 0) is 6.42 Å². The molecule has 1 heterocycles. The molecule has 1 rings (SSSR count). The van der Waals surface area contributed by atoms with Gasteiger partial charge in [0.15, 0.2) is 0 Å². The molecule has 3 heteroatoms. The van der Waals surface area contributed by atoms with E-state index in [1.54, 1.807) is 6.20 Å². The van der Waals surface area contributed by atoms with Gasteiger partial charge >= 0.3 is 0 Å². The second-order valence-electron chi connectivity index (χ2n) is 2.00. The predicted molar refractivity (Wildman–Crippen MR) is 36.5 cm³/mol. The van der Waals surface area contributed by atoms with Crippen molar-refractivity contribution in [1.29, 1.82) is 0 Å². The Morgan fingerprint density at radius 1 is 1.70 bits per heavy atom. The molecule has 0 saturated heterocycles. The molecule has 3 nitrogen and oxygen atoms in total. The van der Waals surface area contributed by atoms with Gasteiger partial charge in [-0.05, 0) is 19.3 Å². The lowest BCUT2D eigenvalue weighted by Crippen LogP contribution is -1.83. The van der Waals surface area contributed by atoms with Crippen LogP contribution in [0.25, 0.3) is 0 Å². The summed E-state index contributed by atoms with van der Waals surface area (Å²) < 4.78 is 0. The van der Waals surface area contributed by atoms with E-state index in [4.69, 9.17) is 6.42 Å². The van der Waals surface area contributed by atoms with E-state index in [1.807, 2.05) is 0 Å². The number of H-pyrrole nitrogens is 1. The third-order valence-electron chi connectivity index (χ3n) is 1.20. The topological polar surface area (TPSA) is 41.6 Å². The molecule has 0 aliphatic heterocycles. The predicted octanol–water partition coefficient (Wildman–Crippen LogP) is 0.717. The number of aromatic amines is 1. The molecule has 51 valence electrons. The summed E-state index contributed by atoms with van der Waals surface area (Å²) in [4.78, 5) is 0. The number of hydrogen-bond acceptors (Lipinski definition) is 2. The first kappa shape index (κ1) is 6.81. The fourth-order valence-electron chi connectivity index (χ4n) is 0.705. The monoisotopic (exact) mass is 134 g/mol. The molecule has 0 bridgehead atoms. The number of hydrogen-bond donors (Lipinski definition) is 1. The summed E-state index contributed by atoms with van der Waals surface area (Å²) in [5.74, 6) is 2.32. The number of rotatable bonds is 3. The average Bonchev–Trinajstić information content (AvgIpc) is 2.41. The first-order chi connectivity index (χ1) is 4.93. The van der Waals surface area contributed by atoms with Crippen molar-refractivity contribution in [2.75, 3.05) is 0 Å². The van der Waals surface area contributed by atoms with E-state index in [9.17, 15) is 0 Å². The Kier molecular flexibility index (Phi) is 2.50. The van der Waals surface area contributed by atoms with Crippen molar-refractivity contribution in [3.63, 3.8) is 0 Å². The first-order valence-electron chi connectivity index (χ1n) is 3.18. The first-order valence-corrected chi connectivity index (χ1v) is 3.18. The summed E-state index contributed by atoms with van der Waals surface area (Å²) in [6.45, 7) is 0. The van der Waals surface area contributed by atoms with Gasteiger partial charge in [-0.3, -0.25) is 5.10 Å². The summed E-state index contributed by atoms with van der Waals surface area (Å²) in [6.07, 6.45) is 10.9. The molecular weight excluding hydrogens is 126 g/mol. The zero-order valence-electron chi connectivity index (χ0n) is 5.59. The van der Waals surface area contributed by atoms with Gasteiger partial charge in [-0.1, -0.05) is 11.1 Å². The van der Waals surface area contributed by atoms with Crippen LogP contribution in [0.15, 0.2) is 6.20 Å². The van der Waals surface area contributed by atoms with Gasteiger partial charge in [0.2, 0.25) is 0 Å². The summed E-state index contributed by atoms with van der Waals surface area (Å²) in [5.41, 5.74) is 0.954. The molecule has 0 aliphatic rings. The summed E-state index contributed by atoms with van der Waals surface area (Å²) in [6, 6.07) is 0. The fraction of sp³-hybridized carbons (Fsp3) is 0.429. The highest BCUT2D eigenvalue weighted by atomic mass is 15.3.